The Hall–Kier alpha value is -6.87. The molecule has 1 aliphatic heterocycles. The Morgan fingerprint density at radius 1 is 0.846 bits per heavy atom. The molecule has 1 aliphatic carbocycles. The predicted octanol–water partition coefficient (Wildman–Crippen LogP) is 11.3. The first-order valence-corrected chi connectivity index (χ1v) is 17.4. The van der Waals surface area contributed by atoms with E-state index < -0.39 is 6.04 Å². The topological polar surface area (TPSA) is 79.5 Å². The summed E-state index contributed by atoms with van der Waals surface area (Å²) in [4.78, 5) is 2.14. The molecule has 7 rings (SSSR count). The van der Waals surface area contributed by atoms with Crippen molar-refractivity contribution in [2.75, 3.05) is 4.90 Å². The van der Waals surface area contributed by atoms with Gasteiger partial charge < -0.3 is 9.47 Å². The second-order valence-corrected chi connectivity index (χ2v) is 13.1. The van der Waals surface area contributed by atoms with Gasteiger partial charge in [0.15, 0.2) is 0 Å². The summed E-state index contributed by atoms with van der Waals surface area (Å²) in [6.07, 6.45) is 12.7. The van der Waals surface area contributed by atoms with Crippen molar-refractivity contribution in [3.8, 4) is 29.3 Å². The zero-order chi connectivity index (χ0) is 36.4. The van der Waals surface area contributed by atoms with Gasteiger partial charge in [-0.05, 0) is 79.0 Å². The highest BCUT2D eigenvalue weighted by Gasteiger charge is 2.41. The Balaban J connectivity index is 1.39. The van der Waals surface area contributed by atoms with Gasteiger partial charge in [0.2, 0.25) is 0 Å². The maximum atomic E-state index is 10.8. The van der Waals surface area contributed by atoms with Crippen LogP contribution in [0.3, 0.4) is 0 Å². The van der Waals surface area contributed by atoms with E-state index in [-0.39, 0.29) is 12.0 Å². The van der Waals surface area contributed by atoms with E-state index in [4.69, 9.17) is 0 Å². The van der Waals surface area contributed by atoms with Crippen LogP contribution in [0.15, 0.2) is 175 Å². The number of allylic oxidation sites excluding steroid dienone is 8. The van der Waals surface area contributed by atoms with Crippen molar-refractivity contribution in [3.63, 3.8) is 0 Å². The lowest BCUT2D eigenvalue weighted by molar-refractivity contribution is 0.629. The average Bonchev–Trinajstić information content (AvgIpc) is 3.69. The van der Waals surface area contributed by atoms with E-state index in [2.05, 4.69) is 138 Å². The van der Waals surface area contributed by atoms with Crippen molar-refractivity contribution in [1.29, 1.82) is 15.8 Å². The zero-order valence-electron chi connectivity index (χ0n) is 29.3. The summed E-state index contributed by atoms with van der Waals surface area (Å²) in [5, 5.41) is 33.0. The third kappa shape index (κ3) is 5.58. The van der Waals surface area contributed by atoms with Crippen LogP contribution >= 0.6 is 0 Å². The summed E-state index contributed by atoms with van der Waals surface area (Å²) < 4.78 is 2.33. The summed E-state index contributed by atoms with van der Waals surface area (Å²) in [6.45, 7) is 12.1. The first-order chi connectivity index (χ1) is 25.4. The monoisotopic (exact) mass is 671 g/mol. The molecule has 0 saturated carbocycles. The largest absolute Gasteiger partial charge is 0.332 e. The minimum Gasteiger partial charge on any atom is -0.332 e. The molecular formula is C47H37N5. The minimum absolute atomic E-state index is 0.166. The summed E-state index contributed by atoms with van der Waals surface area (Å²) in [5.74, 6) is -0.221. The number of rotatable bonds is 8. The molecule has 2 heterocycles. The molecule has 52 heavy (non-hydrogen) atoms. The van der Waals surface area contributed by atoms with Gasteiger partial charge >= 0.3 is 0 Å². The molecule has 5 nitrogen and oxygen atoms in total. The van der Waals surface area contributed by atoms with E-state index in [0.29, 0.717) is 17.6 Å². The SMILES string of the molecule is C=CC1=C(/C=C(\C)C#N)C(/C=C\C)C(C(=C)C#N)N1c1ccccc1-c1cccc(C2=C(C#N)C(n3c4ccccc4c4ccccc43)CC=C2)c1. The fourth-order valence-corrected chi connectivity index (χ4v) is 7.97. The number of nitrogens with zero attached hydrogens (tertiary/aromatic N) is 5. The molecule has 250 valence electrons. The average molecular weight is 672 g/mol. The Bertz CT molecular complexity index is 2510. The van der Waals surface area contributed by atoms with E-state index in [1.54, 1.807) is 13.0 Å². The fourth-order valence-electron chi connectivity index (χ4n) is 7.97. The van der Waals surface area contributed by atoms with Crippen LogP contribution in [0.4, 0.5) is 5.69 Å². The Morgan fingerprint density at radius 3 is 2.17 bits per heavy atom. The summed E-state index contributed by atoms with van der Waals surface area (Å²) >= 11 is 0. The third-order valence-corrected chi connectivity index (χ3v) is 10.1. The van der Waals surface area contributed by atoms with E-state index in [0.717, 1.165) is 55.8 Å². The zero-order valence-corrected chi connectivity index (χ0v) is 29.3. The lowest BCUT2D eigenvalue weighted by Crippen LogP contribution is -2.35. The molecular weight excluding hydrogens is 635 g/mol. The van der Waals surface area contributed by atoms with Crippen LogP contribution in [-0.4, -0.2) is 10.6 Å². The van der Waals surface area contributed by atoms with Gasteiger partial charge in [-0.1, -0.05) is 110 Å². The molecule has 0 radical (unpaired) electrons. The Morgan fingerprint density at radius 2 is 1.52 bits per heavy atom. The second kappa shape index (κ2) is 14.2. The third-order valence-electron chi connectivity index (χ3n) is 10.1. The first-order valence-electron chi connectivity index (χ1n) is 17.4. The van der Waals surface area contributed by atoms with Crippen LogP contribution in [0, 0.1) is 39.9 Å². The molecule has 0 N–H and O–H groups in total. The van der Waals surface area contributed by atoms with E-state index in [9.17, 15) is 15.8 Å². The quantitative estimate of drug-likeness (QED) is 0.121. The van der Waals surface area contributed by atoms with E-state index in [1.165, 1.54) is 10.8 Å². The van der Waals surface area contributed by atoms with Crippen LogP contribution < -0.4 is 4.90 Å². The lowest BCUT2D eigenvalue weighted by Gasteiger charge is -2.32. The lowest BCUT2D eigenvalue weighted by atomic mass is 9.87. The van der Waals surface area contributed by atoms with Crippen molar-refractivity contribution in [3.05, 3.63) is 180 Å². The molecule has 2 aliphatic rings. The maximum Gasteiger partial charge on any atom is 0.0975 e. The molecule has 0 fully saturated rings. The number of aromatic nitrogens is 1. The standard InChI is InChI=1S/C47H37N5/c1-5-15-39-40(26-31(3)28-48)42(6-2)52(47(39)32(4)29-49)43-22-10-7-18-36(43)34-17-13-16-33(27-34)35-21-14-25-46(41(35)30-50)51-44-23-11-8-19-37(44)38-20-9-12-24-45(38)51/h5-24,26-27,39,46-47H,2,4,25H2,1,3H3/b15-5-,31-26+. The van der Waals surface area contributed by atoms with Gasteiger partial charge in [-0.25, -0.2) is 0 Å². The number of hydrogen-bond acceptors (Lipinski definition) is 4. The molecule has 3 atom stereocenters. The predicted molar refractivity (Wildman–Crippen MR) is 213 cm³/mol. The number of nitriles is 3. The van der Waals surface area contributed by atoms with Crippen molar-refractivity contribution in [2.45, 2.75) is 32.4 Å². The van der Waals surface area contributed by atoms with Crippen molar-refractivity contribution in [1.82, 2.24) is 4.57 Å². The van der Waals surface area contributed by atoms with Gasteiger partial charge in [-0.3, -0.25) is 0 Å². The van der Waals surface area contributed by atoms with Gasteiger partial charge in [0, 0.05) is 55.8 Å². The van der Waals surface area contributed by atoms with Crippen LogP contribution in [-0.2, 0) is 0 Å². The molecule has 0 spiro atoms. The molecule has 5 aromatic rings. The highest BCUT2D eigenvalue weighted by atomic mass is 15.2. The minimum atomic E-state index is -0.419. The van der Waals surface area contributed by atoms with Crippen LogP contribution in [0.25, 0.3) is 38.5 Å². The smallest absolute Gasteiger partial charge is 0.0975 e. The normalized spacial score (nSPS) is 18.9. The number of hydrogen-bond donors (Lipinski definition) is 0. The van der Waals surface area contributed by atoms with Crippen molar-refractivity contribution >= 4 is 33.1 Å². The summed E-state index contributed by atoms with van der Waals surface area (Å²) in [5.41, 5.74) is 10.3. The fraction of sp³-hybridized carbons (Fsp3) is 0.128. The maximum absolute atomic E-state index is 10.8. The molecule has 0 bridgehead atoms. The van der Waals surface area contributed by atoms with Gasteiger partial charge in [0.1, 0.15) is 0 Å². The number of para-hydroxylation sites is 3. The Kier molecular flexibility index (Phi) is 9.16. The van der Waals surface area contributed by atoms with Gasteiger partial charge in [0.05, 0.1) is 35.9 Å². The van der Waals surface area contributed by atoms with Gasteiger partial charge in [-0.2, -0.15) is 15.8 Å². The summed E-state index contributed by atoms with van der Waals surface area (Å²) in [6, 6.07) is 39.9. The molecule has 3 unspecified atom stereocenters. The van der Waals surface area contributed by atoms with Gasteiger partial charge in [0.25, 0.3) is 0 Å². The van der Waals surface area contributed by atoms with Crippen molar-refractivity contribution in [2.24, 2.45) is 5.92 Å². The van der Waals surface area contributed by atoms with E-state index in [1.807, 2.05) is 37.3 Å². The number of anilines is 1. The molecule has 0 amide bonds. The summed E-state index contributed by atoms with van der Waals surface area (Å²) in [7, 11) is 0. The van der Waals surface area contributed by atoms with Gasteiger partial charge in [-0.15, -0.1) is 0 Å². The van der Waals surface area contributed by atoms with Crippen LogP contribution in [0.5, 0.6) is 0 Å². The Labute approximate surface area is 305 Å². The molecule has 4 aromatic carbocycles. The highest BCUT2D eigenvalue weighted by molar-refractivity contribution is 6.08. The molecule has 5 heteroatoms. The first kappa shape index (κ1) is 33.6. The molecule has 0 saturated heterocycles. The van der Waals surface area contributed by atoms with Crippen LogP contribution in [0.2, 0.25) is 0 Å². The second-order valence-electron chi connectivity index (χ2n) is 13.1. The number of benzene rings is 4. The van der Waals surface area contributed by atoms with E-state index >= 15 is 0 Å². The highest BCUT2D eigenvalue weighted by Crippen LogP contribution is 2.47. The molecule has 1 aromatic heterocycles. The number of fused-ring (bicyclic) bond motifs is 3. The van der Waals surface area contributed by atoms with Crippen LogP contribution in [0.1, 0.15) is 31.9 Å². The van der Waals surface area contributed by atoms with Crippen molar-refractivity contribution < 1.29 is 0 Å².